The van der Waals surface area contributed by atoms with Gasteiger partial charge in [-0.3, -0.25) is 9.78 Å². The van der Waals surface area contributed by atoms with Gasteiger partial charge in [0.05, 0.1) is 13.2 Å². The fourth-order valence-corrected chi connectivity index (χ4v) is 0.477. The molecule has 0 spiro atoms. The van der Waals surface area contributed by atoms with Crippen molar-refractivity contribution in [2.45, 2.75) is 6.92 Å². The molecule has 0 atom stereocenters. The van der Waals surface area contributed by atoms with Crippen LogP contribution < -0.4 is 11.2 Å². The number of H-pyrrole nitrogens is 2. The first-order chi connectivity index (χ1) is 6.11. The lowest BCUT2D eigenvalue weighted by Gasteiger charge is -1.84. The van der Waals surface area contributed by atoms with E-state index in [0.29, 0.717) is 5.56 Å². The molecule has 0 unspecified atom stereocenters. The highest BCUT2D eigenvalue weighted by Crippen LogP contribution is 1.73. The van der Waals surface area contributed by atoms with Crippen molar-refractivity contribution in [1.29, 1.82) is 0 Å². The number of rotatable bonds is 1. The van der Waals surface area contributed by atoms with E-state index in [1.165, 1.54) is 6.20 Å². The molecule has 6 nitrogen and oxygen atoms in total. The van der Waals surface area contributed by atoms with E-state index in [0.717, 1.165) is 0 Å². The minimum Gasteiger partial charge on any atom is -0.394 e. The highest BCUT2D eigenvalue weighted by atomic mass is 16.3. The third-order valence-corrected chi connectivity index (χ3v) is 1.10. The fourth-order valence-electron chi connectivity index (χ4n) is 0.477. The van der Waals surface area contributed by atoms with E-state index in [1.807, 2.05) is 0 Å². The van der Waals surface area contributed by atoms with Gasteiger partial charge >= 0.3 is 5.69 Å². The Morgan fingerprint density at radius 3 is 2.15 bits per heavy atom. The number of aliphatic hydroxyl groups is 2. The van der Waals surface area contributed by atoms with E-state index in [1.54, 1.807) is 6.92 Å². The first-order valence-electron chi connectivity index (χ1n) is 3.62. The standard InChI is InChI=1S/C5H6N2O2.C2H6O2/c1-3-2-6-5(9)7-4(3)8;3-1-2-4/h2H,1H3,(H2,6,7,8,9);3-4H,1-2H2. The molecule has 4 N–H and O–H groups in total. The second-order valence-corrected chi connectivity index (χ2v) is 2.20. The Kier molecular flexibility index (Phi) is 5.49. The zero-order valence-electron chi connectivity index (χ0n) is 7.20. The van der Waals surface area contributed by atoms with E-state index >= 15 is 0 Å². The third kappa shape index (κ3) is 4.94. The van der Waals surface area contributed by atoms with Gasteiger partial charge in [0.15, 0.2) is 0 Å². The van der Waals surface area contributed by atoms with Gasteiger partial charge in [0.25, 0.3) is 5.56 Å². The molecule has 6 heteroatoms. The van der Waals surface area contributed by atoms with Gasteiger partial charge in [-0.15, -0.1) is 0 Å². The van der Waals surface area contributed by atoms with E-state index in [9.17, 15) is 9.59 Å². The van der Waals surface area contributed by atoms with Crippen LogP contribution in [0.3, 0.4) is 0 Å². The van der Waals surface area contributed by atoms with Crippen LogP contribution in [-0.2, 0) is 0 Å². The van der Waals surface area contributed by atoms with Crippen molar-refractivity contribution in [3.05, 3.63) is 32.6 Å². The van der Waals surface area contributed by atoms with Crippen LogP contribution in [0.25, 0.3) is 0 Å². The average molecular weight is 188 g/mol. The van der Waals surface area contributed by atoms with Crippen molar-refractivity contribution in [3.63, 3.8) is 0 Å². The number of aromatic amines is 2. The van der Waals surface area contributed by atoms with Crippen LogP contribution in [-0.4, -0.2) is 33.4 Å². The summed E-state index contributed by atoms with van der Waals surface area (Å²) in [5.41, 5.74) is -0.293. The summed E-state index contributed by atoms with van der Waals surface area (Å²) in [6.45, 7) is 1.37. The number of nitrogens with one attached hydrogen (secondary N) is 2. The Balaban J connectivity index is 0.000000310. The van der Waals surface area contributed by atoms with E-state index in [2.05, 4.69) is 9.97 Å². The minimum atomic E-state index is -0.467. The highest BCUT2D eigenvalue weighted by molar-refractivity contribution is 4.98. The van der Waals surface area contributed by atoms with Crippen LogP contribution in [0, 0.1) is 6.92 Å². The Labute approximate surface area is 73.9 Å². The summed E-state index contributed by atoms with van der Waals surface area (Å²) in [5, 5.41) is 15.2. The zero-order valence-corrected chi connectivity index (χ0v) is 7.20. The van der Waals surface area contributed by atoms with E-state index in [-0.39, 0.29) is 18.8 Å². The molecule has 1 aromatic heterocycles. The Hall–Kier alpha value is -1.40. The number of aliphatic hydroxyl groups excluding tert-OH is 2. The van der Waals surface area contributed by atoms with Crippen LogP contribution in [0.2, 0.25) is 0 Å². The normalized spacial score (nSPS) is 8.85. The molecule has 1 rings (SSSR count). The Morgan fingerprint density at radius 2 is 1.85 bits per heavy atom. The quantitative estimate of drug-likeness (QED) is 0.423. The van der Waals surface area contributed by atoms with Crippen LogP contribution in [0.5, 0.6) is 0 Å². The Bertz CT molecular complexity index is 339. The molecule has 74 valence electrons. The number of aryl methyl sites for hydroxylation is 1. The topological polar surface area (TPSA) is 106 Å². The summed E-state index contributed by atoms with van der Waals surface area (Å²) < 4.78 is 0. The summed E-state index contributed by atoms with van der Waals surface area (Å²) in [5.74, 6) is 0. The van der Waals surface area contributed by atoms with Crippen LogP contribution >= 0.6 is 0 Å². The first-order valence-corrected chi connectivity index (χ1v) is 3.62. The van der Waals surface area contributed by atoms with Gasteiger partial charge in [-0.1, -0.05) is 0 Å². The molecule has 0 amide bonds. The molecule has 0 aliphatic carbocycles. The molecule has 0 saturated heterocycles. The van der Waals surface area contributed by atoms with Gasteiger partial charge < -0.3 is 15.2 Å². The lowest BCUT2D eigenvalue weighted by Crippen LogP contribution is -2.22. The van der Waals surface area contributed by atoms with Crippen LogP contribution in [0.15, 0.2) is 15.8 Å². The van der Waals surface area contributed by atoms with Crippen LogP contribution in [0.1, 0.15) is 5.56 Å². The molecule has 1 aromatic rings. The molecule has 0 aromatic carbocycles. The number of aromatic nitrogens is 2. The van der Waals surface area contributed by atoms with Gasteiger partial charge in [-0.2, -0.15) is 0 Å². The molecular formula is C7H12N2O4. The van der Waals surface area contributed by atoms with E-state index in [4.69, 9.17) is 10.2 Å². The smallest absolute Gasteiger partial charge is 0.325 e. The summed E-state index contributed by atoms with van der Waals surface area (Å²) in [6.07, 6.45) is 1.38. The second kappa shape index (κ2) is 6.15. The molecule has 0 aliphatic heterocycles. The van der Waals surface area contributed by atoms with Gasteiger partial charge in [-0.25, -0.2) is 4.79 Å². The predicted octanol–water partition coefficient (Wildman–Crippen LogP) is -1.66. The molecule has 0 aliphatic rings. The van der Waals surface area contributed by atoms with Crippen molar-refractivity contribution in [2.75, 3.05) is 13.2 Å². The maximum Gasteiger partial charge on any atom is 0.325 e. The molecule has 0 radical (unpaired) electrons. The maximum absolute atomic E-state index is 10.6. The third-order valence-electron chi connectivity index (χ3n) is 1.10. The van der Waals surface area contributed by atoms with Gasteiger partial charge in [-0.05, 0) is 6.92 Å². The minimum absolute atomic E-state index is 0.125. The molecule has 0 saturated carbocycles. The lowest BCUT2D eigenvalue weighted by atomic mass is 10.4. The summed E-state index contributed by atoms with van der Waals surface area (Å²) in [6, 6.07) is 0. The molecule has 0 fully saturated rings. The number of hydrogen-bond acceptors (Lipinski definition) is 4. The lowest BCUT2D eigenvalue weighted by molar-refractivity contribution is 0.186. The van der Waals surface area contributed by atoms with E-state index < -0.39 is 5.69 Å². The van der Waals surface area contributed by atoms with Crippen molar-refractivity contribution in [2.24, 2.45) is 0 Å². The Morgan fingerprint density at radius 1 is 1.31 bits per heavy atom. The summed E-state index contributed by atoms with van der Waals surface area (Å²) in [4.78, 5) is 25.3. The number of hydrogen-bond donors (Lipinski definition) is 4. The van der Waals surface area contributed by atoms with Gasteiger partial charge in [0.1, 0.15) is 0 Å². The van der Waals surface area contributed by atoms with Crippen LogP contribution in [0.4, 0.5) is 0 Å². The van der Waals surface area contributed by atoms with Gasteiger partial charge in [0.2, 0.25) is 0 Å². The van der Waals surface area contributed by atoms with Gasteiger partial charge in [0, 0.05) is 11.8 Å². The summed E-state index contributed by atoms with van der Waals surface area (Å²) >= 11 is 0. The highest BCUT2D eigenvalue weighted by Gasteiger charge is 1.88. The summed E-state index contributed by atoms with van der Waals surface area (Å²) in [7, 11) is 0. The van der Waals surface area contributed by atoms with Crippen molar-refractivity contribution >= 4 is 0 Å². The van der Waals surface area contributed by atoms with Crippen molar-refractivity contribution in [3.8, 4) is 0 Å². The SMILES string of the molecule is Cc1c[nH]c(=O)[nH]c1=O.OCCO. The first kappa shape index (κ1) is 11.6. The predicted molar refractivity (Wildman–Crippen MR) is 46.6 cm³/mol. The fraction of sp³-hybridized carbons (Fsp3) is 0.429. The largest absolute Gasteiger partial charge is 0.394 e. The maximum atomic E-state index is 10.6. The zero-order chi connectivity index (χ0) is 10.3. The molecule has 13 heavy (non-hydrogen) atoms. The molecule has 1 heterocycles. The van der Waals surface area contributed by atoms with Crippen molar-refractivity contribution < 1.29 is 10.2 Å². The second-order valence-electron chi connectivity index (χ2n) is 2.20. The molecular weight excluding hydrogens is 176 g/mol. The molecule has 0 bridgehead atoms. The van der Waals surface area contributed by atoms with Crippen molar-refractivity contribution in [1.82, 2.24) is 9.97 Å². The average Bonchev–Trinajstić information content (AvgIpc) is 2.12. The monoisotopic (exact) mass is 188 g/mol.